The summed E-state index contributed by atoms with van der Waals surface area (Å²) in [7, 11) is 0. The van der Waals surface area contributed by atoms with Gasteiger partial charge in [0.25, 0.3) is 5.91 Å². The average molecular weight is 412 g/mol. The van der Waals surface area contributed by atoms with Gasteiger partial charge in [-0.2, -0.15) is 5.10 Å². The highest BCUT2D eigenvalue weighted by molar-refractivity contribution is 5.78. The summed E-state index contributed by atoms with van der Waals surface area (Å²) in [5.74, 6) is 1.64. The van der Waals surface area contributed by atoms with Gasteiger partial charge in [0, 0.05) is 18.0 Å². The molecular formula is C25H24N4O2. The molecule has 0 N–H and O–H groups in total. The molecule has 156 valence electrons. The number of ether oxygens (including phenoxy) is 1. The van der Waals surface area contributed by atoms with Crippen LogP contribution >= 0.6 is 0 Å². The van der Waals surface area contributed by atoms with Crippen molar-refractivity contribution in [3.8, 4) is 17.3 Å². The zero-order chi connectivity index (χ0) is 21.4. The number of fused-ring (bicyclic) bond motifs is 1. The number of rotatable bonds is 5. The molecule has 0 atom stereocenters. The molecule has 0 radical (unpaired) electrons. The minimum atomic E-state index is -0.0416. The Morgan fingerprint density at radius 1 is 0.968 bits per heavy atom. The van der Waals surface area contributed by atoms with Crippen molar-refractivity contribution in [3.63, 3.8) is 0 Å². The minimum absolute atomic E-state index is 0.0183. The van der Waals surface area contributed by atoms with E-state index in [2.05, 4.69) is 29.7 Å². The highest BCUT2D eigenvalue weighted by atomic mass is 16.5. The Bertz CT molecular complexity index is 1240. The first kappa shape index (κ1) is 19.2. The van der Waals surface area contributed by atoms with Crippen molar-refractivity contribution in [1.29, 1.82) is 0 Å². The van der Waals surface area contributed by atoms with Crippen molar-refractivity contribution >= 4 is 5.91 Å². The fourth-order valence-electron chi connectivity index (χ4n) is 4.00. The molecule has 0 bridgehead atoms. The lowest BCUT2D eigenvalue weighted by Crippen LogP contribution is -2.31. The lowest BCUT2D eigenvalue weighted by molar-refractivity contribution is -0.134. The lowest BCUT2D eigenvalue weighted by atomic mass is 10.2. The number of aryl methyl sites for hydroxylation is 2. The number of carbonyl (C=O) groups excluding carboxylic acids is 1. The number of hydrogen-bond acceptors (Lipinski definition) is 3. The second kappa shape index (κ2) is 7.80. The van der Waals surface area contributed by atoms with Crippen LogP contribution in [0.1, 0.15) is 22.4 Å². The van der Waals surface area contributed by atoms with Gasteiger partial charge in [0.15, 0.2) is 6.61 Å². The molecule has 6 nitrogen and oxygen atoms in total. The smallest absolute Gasteiger partial charge is 0.261 e. The Labute approximate surface area is 181 Å². The molecule has 1 amide bonds. The molecule has 0 saturated heterocycles. The van der Waals surface area contributed by atoms with Crippen LogP contribution in [0.4, 0.5) is 0 Å². The van der Waals surface area contributed by atoms with Crippen molar-refractivity contribution in [3.05, 3.63) is 95.4 Å². The van der Waals surface area contributed by atoms with E-state index in [4.69, 9.17) is 9.84 Å². The summed E-state index contributed by atoms with van der Waals surface area (Å²) in [4.78, 5) is 14.6. The largest absolute Gasteiger partial charge is 0.484 e. The van der Waals surface area contributed by atoms with Gasteiger partial charge in [-0.05, 0) is 61.4 Å². The SMILES string of the molecule is Cc1cccc(OCC(=O)N2Cc3nn(-c4cccc(C)c4)c(-n4cccc4)c3C2)c1. The van der Waals surface area contributed by atoms with Crippen molar-refractivity contribution in [2.45, 2.75) is 26.9 Å². The van der Waals surface area contributed by atoms with Crippen LogP contribution in [-0.2, 0) is 17.9 Å². The van der Waals surface area contributed by atoms with E-state index in [0.717, 1.165) is 28.3 Å². The van der Waals surface area contributed by atoms with Crippen LogP contribution in [0, 0.1) is 13.8 Å². The maximum absolute atomic E-state index is 12.8. The molecule has 31 heavy (non-hydrogen) atoms. The van der Waals surface area contributed by atoms with Gasteiger partial charge in [-0.15, -0.1) is 0 Å². The molecule has 0 spiro atoms. The minimum Gasteiger partial charge on any atom is -0.484 e. The third-order valence-corrected chi connectivity index (χ3v) is 5.53. The molecule has 1 aliphatic rings. The van der Waals surface area contributed by atoms with E-state index in [0.29, 0.717) is 18.8 Å². The summed E-state index contributed by atoms with van der Waals surface area (Å²) in [5, 5.41) is 4.88. The topological polar surface area (TPSA) is 52.3 Å². The highest BCUT2D eigenvalue weighted by Crippen LogP contribution is 2.30. The van der Waals surface area contributed by atoms with Crippen LogP contribution in [0.3, 0.4) is 0 Å². The predicted molar refractivity (Wildman–Crippen MR) is 119 cm³/mol. The van der Waals surface area contributed by atoms with Crippen LogP contribution in [0.25, 0.3) is 11.5 Å². The summed E-state index contributed by atoms with van der Waals surface area (Å²) < 4.78 is 9.76. The second-order valence-electron chi connectivity index (χ2n) is 7.94. The maximum Gasteiger partial charge on any atom is 0.261 e. The van der Waals surface area contributed by atoms with Crippen LogP contribution in [0.5, 0.6) is 5.75 Å². The van der Waals surface area contributed by atoms with E-state index in [1.807, 2.05) is 66.5 Å². The Hall–Kier alpha value is -3.80. The van der Waals surface area contributed by atoms with Crippen LogP contribution in [-0.4, -0.2) is 31.8 Å². The lowest BCUT2D eigenvalue weighted by Gasteiger charge is -2.18. The predicted octanol–water partition coefficient (Wildman–Crippen LogP) is 4.20. The molecule has 0 saturated carbocycles. The Balaban J connectivity index is 1.40. The highest BCUT2D eigenvalue weighted by Gasteiger charge is 2.31. The molecule has 2 aromatic heterocycles. The van der Waals surface area contributed by atoms with E-state index < -0.39 is 0 Å². The van der Waals surface area contributed by atoms with E-state index in [-0.39, 0.29) is 12.5 Å². The Morgan fingerprint density at radius 2 is 1.71 bits per heavy atom. The van der Waals surface area contributed by atoms with E-state index in [1.165, 1.54) is 5.56 Å². The first-order valence-electron chi connectivity index (χ1n) is 10.4. The standard InChI is InChI=1S/C25H24N4O2/c1-18-7-5-9-20(13-18)29-25(27-11-3-4-12-27)22-15-28(16-23(22)26-29)24(30)17-31-21-10-6-8-19(2)14-21/h3-14H,15-17H2,1-2H3. The summed E-state index contributed by atoms with van der Waals surface area (Å²) in [5.41, 5.74) is 5.29. The van der Waals surface area contributed by atoms with Crippen molar-refractivity contribution < 1.29 is 9.53 Å². The zero-order valence-electron chi connectivity index (χ0n) is 17.7. The van der Waals surface area contributed by atoms with Gasteiger partial charge >= 0.3 is 0 Å². The molecule has 0 fully saturated rings. The molecule has 0 aliphatic carbocycles. The van der Waals surface area contributed by atoms with Crippen molar-refractivity contribution in [2.75, 3.05) is 6.61 Å². The first-order chi connectivity index (χ1) is 15.1. The maximum atomic E-state index is 12.8. The third kappa shape index (κ3) is 3.72. The quantitative estimate of drug-likeness (QED) is 0.494. The molecular weight excluding hydrogens is 388 g/mol. The molecule has 2 aromatic carbocycles. The average Bonchev–Trinajstić information content (AvgIpc) is 3.48. The van der Waals surface area contributed by atoms with Gasteiger partial charge in [-0.25, -0.2) is 4.68 Å². The number of carbonyl (C=O) groups is 1. The summed E-state index contributed by atoms with van der Waals surface area (Å²) in [6, 6.07) is 20.0. The molecule has 3 heterocycles. The van der Waals surface area contributed by atoms with Gasteiger partial charge in [-0.3, -0.25) is 4.79 Å². The van der Waals surface area contributed by atoms with Gasteiger partial charge in [-0.1, -0.05) is 24.3 Å². The van der Waals surface area contributed by atoms with Crippen LogP contribution in [0.15, 0.2) is 73.1 Å². The summed E-state index contributed by atoms with van der Waals surface area (Å²) in [6.07, 6.45) is 4.02. The summed E-state index contributed by atoms with van der Waals surface area (Å²) in [6.45, 7) is 5.10. The Kier molecular flexibility index (Phi) is 4.82. The first-order valence-corrected chi connectivity index (χ1v) is 10.4. The molecule has 4 aromatic rings. The van der Waals surface area contributed by atoms with Gasteiger partial charge < -0.3 is 14.2 Å². The van der Waals surface area contributed by atoms with E-state index >= 15 is 0 Å². The molecule has 6 heteroatoms. The van der Waals surface area contributed by atoms with Crippen molar-refractivity contribution in [2.24, 2.45) is 0 Å². The van der Waals surface area contributed by atoms with Crippen LogP contribution < -0.4 is 4.74 Å². The Morgan fingerprint density at radius 3 is 2.45 bits per heavy atom. The number of benzene rings is 2. The zero-order valence-corrected chi connectivity index (χ0v) is 17.7. The second-order valence-corrected chi connectivity index (χ2v) is 7.94. The molecule has 5 rings (SSSR count). The summed E-state index contributed by atoms with van der Waals surface area (Å²) >= 11 is 0. The number of hydrogen-bond donors (Lipinski definition) is 0. The monoisotopic (exact) mass is 412 g/mol. The van der Waals surface area contributed by atoms with Crippen molar-refractivity contribution in [1.82, 2.24) is 19.2 Å². The van der Waals surface area contributed by atoms with Gasteiger partial charge in [0.1, 0.15) is 11.6 Å². The van der Waals surface area contributed by atoms with Gasteiger partial charge in [0.05, 0.1) is 24.5 Å². The van der Waals surface area contributed by atoms with Gasteiger partial charge in [0.2, 0.25) is 0 Å². The number of amides is 1. The van der Waals surface area contributed by atoms with Crippen LogP contribution in [0.2, 0.25) is 0 Å². The fourth-order valence-corrected chi connectivity index (χ4v) is 4.00. The van der Waals surface area contributed by atoms with E-state index in [9.17, 15) is 4.79 Å². The molecule has 0 unspecified atom stereocenters. The van der Waals surface area contributed by atoms with E-state index in [1.54, 1.807) is 4.90 Å². The molecule has 1 aliphatic heterocycles. The number of nitrogens with zero attached hydrogens (tertiary/aromatic N) is 4. The number of aromatic nitrogens is 3. The third-order valence-electron chi connectivity index (χ3n) is 5.53. The fraction of sp³-hybridized carbons (Fsp3) is 0.200. The normalized spacial score (nSPS) is 12.8.